The van der Waals surface area contributed by atoms with Crippen LogP contribution in [-0.2, 0) is 28.7 Å². The molecule has 0 amide bonds. The van der Waals surface area contributed by atoms with Gasteiger partial charge in [-0.1, -0.05) is 23.2 Å². The summed E-state index contributed by atoms with van der Waals surface area (Å²) in [5.74, 6) is -7.95. The van der Waals surface area contributed by atoms with Crippen molar-refractivity contribution >= 4 is 47.1 Å². The molecule has 2 bridgehead atoms. The van der Waals surface area contributed by atoms with Crippen molar-refractivity contribution in [3.63, 3.8) is 0 Å². The van der Waals surface area contributed by atoms with E-state index in [-0.39, 0.29) is 10.1 Å². The Morgan fingerprint density at radius 3 is 1.05 bits per heavy atom. The van der Waals surface area contributed by atoms with Gasteiger partial charge in [0.15, 0.2) is 0 Å². The maximum atomic E-state index is 11.8. The summed E-state index contributed by atoms with van der Waals surface area (Å²) in [5.41, 5.74) is 0. The summed E-state index contributed by atoms with van der Waals surface area (Å²) in [6.07, 6.45) is 0. The van der Waals surface area contributed by atoms with Gasteiger partial charge in [-0.2, -0.15) is 0 Å². The summed E-state index contributed by atoms with van der Waals surface area (Å²) in [6.45, 7) is 0. The van der Waals surface area contributed by atoms with Gasteiger partial charge in [0.1, 0.15) is 0 Å². The quantitative estimate of drug-likeness (QED) is 0.479. The second-order valence-corrected chi connectivity index (χ2v) is 6.15. The van der Waals surface area contributed by atoms with E-state index in [1.165, 1.54) is 0 Å². The van der Waals surface area contributed by atoms with Crippen LogP contribution in [0.15, 0.2) is 10.1 Å². The van der Waals surface area contributed by atoms with Crippen LogP contribution >= 0.6 is 23.2 Å². The molecule has 1 saturated carbocycles. The molecule has 3 aliphatic carbocycles. The molecule has 4 atom stereocenters. The summed E-state index contributed by atoms with van der Waals surface area (Å²) in [6, 6.07) is 0. The molecule has 3 fully saturated rings. The first-order chi connectivity index (χ1) is 9.43. The fraction of sp³-hybridized carbons (Fsp3) is 0.500. The molecule has 8 heteroatoms. The number of allylic oxidation sites excluding steroid dienone is 2. The third kappa shape index (κ3) is 1.18. The zero-order valence-corrected chi connectivity index (χ0v) is 11.2. The van der Waals surface area contributed by atoms with E-state index >= 15 is 0 Å². The van der Waals surface area contributed by atoms with Gasteiger partial charge >= 0.3 is 23.9 Å². The normalized spacial score (nSPS) is 45.5. The van der Waals surface area contributed by atoms with E-state index in [0.717, 1.165) is 0 Å². The summed E-state index contributed by atoms with van der Waals surface area (Å²) in [5, 5.41) is 0.301. The largest absolute Gasteiger partial charge is 0.393 e. The molecule has 2 saturated heterocycles. The first-order valence-corrected chi connectivity index (χ1v) is 6.75. The molecule has 0 aromatic heterocycles. The van der Waals surface area contributed by atoms with Crippen molar-refractivity contribution in [2.75, 3.05) is 0 Å². The van der Waals surface area contributed by atoms with Crippen molar-refractivity contribution in [3.8, 4) is 0 Å². The fourth-order valence-electron chi connectivity index (χ4n) is 3.93. The molecule has 2 aliphatic heterocycles. The van der Waals surface area contributed by atoms with Crippen molar-refractivity contribution in [1.29, 1.82) is 0 Å². The maximum absolute atomic E-state index is 11.8. The Balaban J connectivity index is 1.96. The number of halogens is 2. The molecule has 4 unspecified atom stereocenters. The van der Waals surface area contributed by atoms with Gasteiger partial charge in [0.25, 0.3) is 0 Å². The molecule has 5 rings (SSSR count). The average molecular weight is 317 g/mol. The predicted octanol–water partition coefficient (Wildman–Crippen LogP) is 0.567. The van der Waals surface area contributed by atoms with Gasteiger partial charge in [0.05, 0.1) is 23.7 Å². The van der Waals surface area contributed by atoms with Gasteiger partial charge < -0.3 is 9.47 Å². The number of carbonyl (C=O) groups is 4. The smallest absolute Gasteiger partial charge is 0.318 e. The minimum Gasteiger partial charge on any atom is -0.393 e. The number of ether oxygens (including phenoxy) is 2. The summed E-state index contributed by atoms with van der Waals surface area (Å²) >= 11 is 12.3. The molecule has 0 spiro atoms. The maximum Gasteiger partial charge on any atom is 0.318 e. The molecule has 2 heterocycles. The monoisotopic (exact) mass is 316 g/mol. The molecule has 104 valence electrons. The Labute approximate surface area is 122 Å². The molecule has 0 aromatic carbocycles. The van der Waals surface area contributed by atoms with E-state index in [9.17, 15) is 19.2 Å². The van der Waals surface area contributed by atoms with Crippen LogP contribution < -0.4 is 0 Å². The van der Waals surface area contributed by atoms with E-state index in [1.54, 1.807) is 0 Å². The first-order valence-electron chi connectivity index (χ1n) is 5.99. The highest BCUT2D eigenvalue weighted by molar-refractivity contribution is 6.40. The van der Waals surface area contributed by atoms with Crippen LogP contribution in [-0.4, -0.2) is 23.9 Å². The molecule has 0 N–H and O–H groups in total. The highest BCUT2D eigenvalue weighted by Crippen LogP contribution is 2.63. The predicted molar refractivity (Wildman–Crippen MR) is 61.9 cm³/mol. The van der Waals surface area contributed by atoms with E-state index in [0.29, 0.717) is 0 Å². The lowest BCUT2D eigenvalue weighted by Crippen LogP contribution is -2.53. The number of cyclic esters (lactones) is 4. The lowest BCUT2D eigenvalue weighted by molar-refractivity contribution is -0.154. The number of hydrogen-bond acceptors (Lipinski definition) is 6. The van der Waals surface area contributed by atoms with Crippen LogP contribution in [0.25, 0.3) is 0 Å². The van der Waals surface area contributed by atoms with Crippen molar-refractivity contribution < 1.29 is 28.7 Å². The van der Waals surface area contributed by atoms with E-state index in [1.807, 2.05) is 0 Å². The van der Waals surface area contributed by atoms with Crippen molar-refractivity contribution in [2.24, 2.45) is 35.5 Å². The molecular weight excluding hydrogens is 311 g/mol. The lowest BCUT2D eigenvalue weighted by Gasteiger charge is -2.45. The zero-order valence-electron chi connectivity index (χ0n) is 9.67. The first kappa shape index (κ1) is 12.3. The Hall–Kier alpha value is -1.40. The van der Waals surface area contributed by atoms with Gasteiger partial charge in [-0.15, -0.1) is 0 Å². The SMILES string of the molecule is O=C1OC(=O)C2C1C1C(Cl)=C(Cl)C2C2C(=O)OC(=O)C21. The van der Waals surface area contributed by atoms with Crippen LogP contribution in [0.4, 0.5) is 0 Å². The molecule has 20 heavy (non-hydrogen) atoms. The summed E-state index contributed by atoms with van der Waals surface area (Å²) in [7, 11) is 0. The van der Waals surface area contributed by atoms with Gasteiger partial charge in [-0.25, -0.2) is 0 Å². The topological polar surface area (TPSA) is 86.7 Å². The molecule has 0 aromatic rings. The number of esters is 4. The summed E-state index contributed by atoms with van der Waals surface area (Å²) < 4.78 is 9.27. The molecule has 0 radical (unpaired) electrons. The Morgan fingerprint density at radius 2 is 0.800 bits per heavy atom. The van der Waals surface area contributed by atoms with E-state index in [4.69, 9.17) is 23.2 Å². The van der Waals surface area contributed by atoms with Gasteiger partial charge in [0, 0.05) is 21.9 Å². The fourth-order valence-corrected chi connectivity index (χ4v) is 4.73. The highest BCUT2D eigenvalue weighted by Gasteiger charge is 2.71. The number of hydrogen-bond donors (Lipinski definition) is 0. The van der Waals surface area contributed by atoms with Crippen LogP contribution in [0.3, 0.4) is 0 Å². The third-order valence-electron chi connectivity index (χ3n) is 4.63. The number of rotatable bonds is 0. The Kier molecular flexibility index (Phi) is 2.24. The average Bonchev–Trinajstić information content (AvgIpc) is 2.84. The second-order valence-electron chi connectivity index (χ2n) is 5.33. The standard InChI is InChI=1S/C12H6Cl2O6/c13-7-1-3-5(11(17)19-9(3)15)2(8(7)14)6-4(1)10(16)20-12(6)18/h1-6H. The summed E-state index contributed by atoms with van der Waals surface area (Å²) in [4.78, 5) is 47.3. The highest BCUT2D eigenvalue weighted by atomic mass is 35.5. The lowest BCUT2D eigenvalue weighted by atomic mass is 9.54. The minimum absolute atomic E-state index is 0.150. The van der Waals surface area contributed by atoms with Crippen LogP contribution in [0, 0.1) is 35.5 Å². The Morgan fingerprint density at radius 1 is 0.550 bits per heavy atom. The van der Waals surface area contributed by atoms with Gasteiger partial charge in [-0.05, 0) is 0 Å². The minimum atomic E-state index is -0.859. The van der Waals surface area contributed by atoms with E-state index in [2.05, 4.69) is 9.47 Å². The molecule has 6 nitrogen and oxygen atoms in total. The second kappa shape index (κ2) is 3.62. The Bertz CT molecular complexity index is 544. The number of carbonyl (C=O) groups excluding carboxylic acids is 4. The van der Waals surface area contributed by atoms with Crippen LogP contribution in [0.5, 0.6) is 0 Å². The molecular formula is C12H6Cl2O6. The van der Waals surface area contributed by atoms with Crippen LogP contribution in [0.2, 0.25) is 0 Å². The third-order valence-corrected chi connectivity index (χ3v) is 5.63. The van der Waals surface area contributed by atoms with E-state index < -0.39 is 59.4 Å². The van der Waals surface area contributed by atoms with Crippen molar-refractivity contribution in [2.45, 2.75) is 0 Å². The van der Waals surface area contributed by atoms with Crippen molar-refractivity contribution in [1.82, 2.24) is 0 Å². The van der Waals surface area contributed by atoms with Crippen molar-refractivity contribution in [3.05, 3.63) is 10.1 Å². The van der Waals surface area contributed by atoms with Gasteiger partial charge in [-0.3, -0.25) is 19.2 Å². The van der Waals surface area contributed by atoms with Crippen LogP contribution in [0.1, 0.15) is 0 Å². The zero-order chi connectivity index (χ0) is 14.3. The van der Waals surface area contributed by atoms with Gasteiger partial charge in [0.2, 0.25) is 0 Å². The molecule has 5 aliphatic rings.